The molecule has 0 bridgehead atoms. The summed E-state index contributed by atoms with van der Waals surface area (Å²) in [4.78, 5) is 28.4. The van der Waals surface area contributed by atoms with E-state index >= 15 is 0 Å². The highest BCUT2D eigenvalue weighted by Gasteiger charge is 2.17. The molecule has 10 heteroatoms. The first kappa shape index (κ1) is 23.0. The summed E-state index contributed by atoms with van der Waals surface area (Å²) in [6, 6.07) is 18.6. The van der Waals surface area contributed by atoms with Crippen LogP contribution in [0.5, 0.6) is 0 Å². The highest BCUT2D eigenvalue weighted by molar-refractivity contribution is 7.90. The fourth-order valence-electron chi connectivity index (χ4n) is 3.45. The number of aromatic nitrogens is 2. The fourth-order valence-corrected chi connectivity index (χ4v) is 4.45. The third kappa shape index (κ3) is 4.48. The van der Waals surface area contributed by atoms with Crippen molar-refractivity contribution in [2.75, 3.05) is 0 Å². The smallest absolute Gasteiger partial charge is 0.297 e. The Morgan fingerprint density at radius 3 is 2.35 bits per heavy atom. The van der Waals surface area contributed by atoms with Crippen LogP contribution in [0.2, 0.25) is 0 Å². The number of carbonyl (C=O) groups is 1. The zero-order valence-corrected chi connectivity index (χ0v) is 19.5. The fraction of sp³-hybridized carbons (Fsp3) is 0.125. The number of nitrogens with zero attached hydrogens (tertiary/aromatic N) is 3. The summed E-state index contributed by atoms with van der Waals surface area (Å²) in [6.07, 6.45) is 1.47. The quantitative estimate of drug-likeness (QED) is 0.427. The molecule has 0 saturated carbocycles. The summed E-state index contributed by atoms with van der Waals surface area (Å²) in [5.74, 6) is 0.262. The van der Waals surface area contributed by atoms with E-state index in [0.29, 0.717) is 28.5 Å². The van der Waals surface area contributed by atoms with E-state index < -0.39 is 15.9 Å². The molecule has 2 heterocycles. The van der Waals surface area contributed by atoms with Gasteiger partial charge in [0.1, 0.15) is 11.5 Å². The number of aliphatic imine (C=N–C) groups is 1. The van der Waals surface area contributed by atoms with E-state index in [2.05, 4.69) is 4.99 Å². The SMILES string of the molecule is CC(=O)NS(=O)(=O)c1ccc(-c2ccc(C=Nc3c(C)n(C)n(-c4ccccc4)c3=O)o2)cc1. The molecule has 4 aromatic rings. The Hall–Kier alpha value is -4.18. The van der Waals surface area contributed by atoms with Gasteiger partial charge in [0, 0.05) is 19.5 Å². The van der Waals surface area contributed by atoms with Gasteiger partial charge in [-0.1, -0.05) is 18.2 Å². The maximum absolute atomic E-state index is 13.0. The first-order chi connectivity index (χ1) is 16.2. The second kappa shape index (κ2) is 8.99. The molecule has 9 nitrogen and oxygen atoms in total. The van der Waals surface area contributed by atoms with Gasteiger partial charge in [-0.2, -0.15) is 0 Å². The van der Waals surface area contributed by atoms with Crippen LogP contribution >= 0.6 is 0 Å². The first-order valence-electron chi connectivity index (χ1n) is 10.3. The molecule has 0 spiro atoms. The molecule has 0 saturated heterocycles. The van der Waals surface area contributed by atoms with Gasteiger partial charge in [0.05, 0.1) is 22.5 Å². The van der Waals surface area contributed by atoms with E-state index in [9.17, 15) is 18.0 Å². The van der Waals surface area contributed by atoms with E-state index in [1.54, 1.807) is 40.7 Å². The van der Waals surface area contributed by atoms with E-state index in [0.717, 1.165) is 12.6 Å². The summed E-state index contributed by atoms with van der Waals surface area (Å²) in [5.41, 5.74) is 2.14. The molecule has 1 amide bonds. The number of hydrogen-bond acceptors (Lipinski definition) is 6. The second-order valence-corrected chi connectivity index (χ2v) is 9.24. The van der Waals surface area contributed by atoms with E-state index in [4.69, 9.17) is 4.42 Å². The van der Waals surface area contributed by atoms with Crippen LogP contribution in [0.15, 0.2) is 85.8 Å². The average molecular weight is 479 g/mol. The number of benzene rings is 2. The van der Waals surface area contributed by atoms with Gasteiger partial charge in [0.15, 0.2) is 5.69 Å². The zero-order chi connectivity index (χ0) is 24.5. The lowest BCUT2D eigenvalue weighted by atomic mass is 10.2. The average Bonchev–Trinajstić information content (AvgIpc) is 3.35. The van der Waals surface area contributed by atoms with Gasteiger partial charge in [-0.25, -0.2) is 22.8 Å². The molecule has 174 valence electrons. The Balaban J connectivity index is 1.58. The molecule has 34 heavy (non-hydrogen) atoms. The van der Waals surface area contributed by atoms with Gasteiger partial charge in [-0.15, -0.1) is 0 Å². The van der Waals surface area contributed by atoms with Gasteiger partial charge < -0.3 is 4.42 Å². The summed E-state index contributed by atoms with van der Waals surface area (Å²) in [7, 11) is -2.11. The van der Waals surface area contributed by atoms with Crippen LogP contribution in [0.1, 0.15) is 18.4 Å². The lowest BCUT2D eigenvalue weighted by molar-refractivity contribution is -0.117. The molecule has 2 aromatic heterocycles. The molecule has 0 unspecified atom stereocenters. The van der Waals surface area contributed by atoms with E-state index in [1.165, 1.54) is 18.3 Å². The molecule has 2 aromatic carbocycles. The first-order valence-corrected chi connectivity index (χ1v) is 11.8. The summed E-state index contributed by atoms with van der Waals surface area (Å²) in [5, 5.41) is 0. The van der Waals surface area contributed by atoms with E-state index in [1.807, 2.05) is 42.0 Å². The molecular weight excluding hydrogens is 456 g/mol. The Morgan fingerprint density at radius 2 is 1.71 bits per heavy atom. The number of furan rings is 1. The Kier molecular flexibility index (Phi) is 6.08. The van der Waals surface area contributed by atoms with Crippen molar-refractivity contribution >= 4 is 27.8 Å². The van der Waals surface area contributed by atoms with Crippen LogP contribution < -0.4 is 10.3 Å². The number of amides is 1. The maximum atomic E-state index is 13.0. The molecule has 0 aliphatic heterocycles. The van der Waals surface area contributed by atoms with E-state index in [-0.39, 0.29) is 10.5 Å². The number of rotatable bonds is 6. The van der Waals surface area contributed by atoms with Crippen molar-refractivity contribution in [1.82, 2.24) is 14.1 Å². The predicted molar refractivity (Wildman–Crippen MR) is 128 cm³/mol. The van der Waals surface area contributed by atoms with Crippen molar-refractivity contribution in [2.45, 2.75) is 18.7 Å². The van der Waals surface area contributed by atoms with Gasteiger partial charge in [-0.05, 0) is 55.5 Å². The molecule has 0 atom stereocenters. The van der Waals surface area contributed by atoms with Crippen LogP contribution in [0.25, 0.3) is 17.0 Å². The molecule has 0 aliphatic carbocycles. The number of hydrogen-bond donors (Lipinski definition) is 1. The molecule has 0 fully saturated rings. The van der Waals surface area contributed by atoms with Gasteiger partial charge in [-0.3, -0.25) is 14.3 Å². The van der Waals surface area contributed by atoms with Gasteiger partial charge in [0.25, 0.3) is 15.6 Å². The maximum Gasteiger partial charge on any atom is 0.297 e. The monoisotopic (exact) mass is 478 g/mol. The molecular formula is C24H22N4O5S. The predicted octanol–water partition coefficient (Wildman–Crippen LogP) is 3.32. The third-order valence-electron chi connectivity index (χ3n) is 5.20. The lowest BCUT2D eigenvalue weighted by Crippen LogP contribution is -2.28. The van der Waals surface area contributed by atoms with Gasteiger partial charge >= 0.3 is 0 Å². The number of sulfonamides is 1. The third-order valence-corrected chi connectivity index (χ3v) is 6.65. The number of para-hydroxylation sites is 1. The normalized spacial score (nSPS) is 11.7. The Bertz CT molecular complexity index is 1540. The van der Waals surface area contributed by atoms with Crippen LogP contribution in [0.4, 0.5) is 5.69 Å². The molecule has 1 N–H and O–H groups in total. The minimum atomic E-state index is -3.91. The minimum absolute atomic E-state index is 0.0333. The van der Waals surface area contributed by atoms with Crippen LogP contribution in [-0.2, 0) is 21.9 Å². The summed E-state index contributed by atoms with van der Waals surface area (Å²) < 4.78 is 35.2. The Labute approximate surface area is 196 Å². The highest BCUT2D eigenvalue weighted by atomic mass is 32.2. The Morgan fingerprint density at radius 1 is 1.03 bits per heavy atom. The van der Waals surface area contributed by atoms with Crippen molar-refractivity contribution < 1.29 is 17.6 Å². The van der Waals surface area contributed by atoms with Crippen LogP contribution in [0.3, 0.4) is 0 Å². The number of carbonyl (C=O) groups excluding carboxylic acids is 1. The molecule has 4 rings (SSSR count). The number of nitrogens with one attached hydrogen (secondary N) is 1. The van der Waals surface area contributed by atoms with Crippen molar-refractivity contribution in [3.05, 3.63) is 88.5 Å². The van der Waals surface area contributed by atoms with Crippen molar-refractivity contribution in [3.63, 3.8) is 0 Å². The topological polar surface area (TPSA) is 116 Å². The van der Waals surface area contributed by atoms with Crippen molar-refractivity contribution in [3.8, 4) is 17.0 Å². The largest absolute Gasteiger partial charge is 0.455 e. The highest BCUT2D eigenvalue weighted by Crippen LogP contribution is 2.24. The lowest BCUT2D eigenvalue weighted by Gasteiger charge is -2.07. The summed E-state index contributed by atoms with van der Waals surface area (Å²) in [6.45, 7) is 2.95. The molecule has 0 aliphatic rings. The standard InChI is InChI=1S/C24H22N4O5S/c1-16-23(24(30)28(27(16)3)19-7-5-4-6-8-19)25-15-20-11-14-22(33-20)18-9-12-21(13-10-18)34(31,32)26-17(2)29/h4-15H,1-3H3,(H,26,29). The zero-order valence-electron chi connectivity index (χ0n) is 18.7. The summed E-state index contributed by atoms with van der Waals surface area (Å²) >= 11 is 0. The second-order valence-electron chi connectivity index (χ2n) is 7.56. The van der Waals surface area contributed by atoms with Crippen LogP contribution in [0, 0.1) is 6.92 Å². The van der Waals surface area contributed by atoms with Crippen LogP contribution in [-0.4, -0.2) is 29.9 Å². The van der Waals surface area contributed by atoms with Gasteiger partial charge in [0.2, 0.25) is 5.91 Å². The molecule has 0 radical (unpaired) electrons. The minimum Gasteiger partial charge on any atom is -0.455 e. The van der Waals surface area contributed by atoms with Crippen molar-refractivity contribution in [2.24, 2.45) is 12.0 Å². The van der Waals surface area contributed by atoms with Crippen molar-refractivity contribution in [1.29, 1.82) is 0 Å².